The van der Waals surface area contributed by atoms with Crippen LogP contribution in [0, 0.1) is 0 Å². The van der Waals surface area contributed by atoms with Crippen molar-refractivity contribution in [1.29, 1.82) is 0 Å². The van der Waals surface area contributed by atoms with Crippen LogP contribution in [0.15, 0.2) is 54.6 Å². The van der Waals surface area contributed by atoms with Gasteiger partial charge in [-0.1, -0.05) is 30.3 Å². The molecule has 4 nitrogen and oxygen atoms in total. The Kier molecular flexibility index (Phi) is 5.41. The van der Waals surface area contributed by atoms with Gasteiger partial charge in [0.1, 0.15) is 0 Å². The summed E-state index contributed by atoms with van der Waals surface area (Å²) in [5.41, 5.74) is 3.20. The summed E-state index contributed by atoms with van der Waals surface area (Å²) in [5, 5.41) is 24.4. The minimum absolute atomic E-state index is 0.232. The van der Waals surface area contributed by atoms with Crippen LogP contribution in [-0.2, 0) is 6.54 Å². The van der Waals surface area contributed by atoms with Crippen molar-refractivity contribution in [1.82, 2.24) is 0 Å². The Labute approximate surface area is 119 Å². The normalized spacial score (nSPS) is 11.9. The summed E-state index contributed by atoms with van der Waals surface area (Å²) in [6.07, 6.45) is -0.731. The van der Waals surface area contributed by atoms with Crippen molar-refractivity contribution in [3.05, 3.63) is 60.2 Å². The van der Waals surface area contributed by atoms with Crippen LogP contribution in [0.1, 0.15) is 5.56 Å². The van der Waals surface area contributed by atoms with E-state index in [-0.39, 0.29) is 6.61 Å². The lowest BCUT2D eigenvalue weighted by Crippen LogP contribution is -2.22. The lowest BCUT2D eigenvalue weighted by Gasteiger charge is -2.11. The predicted molar refractivity (Wildman–Crippen MR) is 81.8 cm³/mol. The molecule has 0 saturated heterocycles. The summed E-state index contributed by atoms with van der Waals surface area (Å²) in [5.74, 6) is 0. The zero-order valence-corrected chi connectivity index (χ0v) is 11.3. The molecule has 0 bridgehead atoms. The molecule has 2 aromatic carbocycles. The van der Waals surface area contributed by atoms with Crippen molar-refractivity contribution >= 4 is 11.4 Å². The van der Waals surface area contributed by atoms with Gasteiger partial charge in [-0.3, -0.25) is 0 Å². The SMILES string of the molecule is OCC(O)CNc1ccc(NCc2ccccc2)cc1. The van der Waals surface area contributed by atoms with Gasteiger partial charge in [-0.25, -0.2) is 0 Å². The molecule has 1 unspecified atom stereocenters. The Balaban J connectivity index is 1.82. The first-order chi connectivity index (χ1) is 9.78. The van der Waals surface area contributed by atoms with E-state index in [0.29, 0.717) is 6.54 Å². The molecule has 0 aromatic heterocycles. The topological polar surface area (TPSA) is 64.5 Å². The van der Waals surface area contributed by atoms with Gasteiger partial charge in [0.15, 0.2) is 0 Å². The third kappa shape index (κ3) is 4.57. The number of benzene rings is 2. The molecule has 0 aliphatic heterocycles. The molecular formula is C16H20N2O2. The molecule has 0 spiro atoms. The largest absolute Gasteiger partial charge is 0.394 e. The monoisotopic (exact) mass is 272 g/mol. The third-order valence-corrected chi connectivity index (χ3v) is 2.98. The van der Waals surface area contributed by atoms with E-state index in [0.717, 1.165) is 17.9 Å². The number of rotatable bonds is 7. The first-order valence-electron chi connectivity index (χ1n) is 6.68. The number of aliphatic hydroxyl groups is 2. The van der Waals surface area contributed by atoms with Crippen LogP contribution in [-0.4, -0.2) is 29.5 Å². The van der Waals surface area contributed by atoms with Crippen molar-refractivity contribution in [2.24, 2.45) is 0 Å². The van der Waals surface area contributed by atoms with Crippen molar-refractivity contribution in [3.8, 4) is 0 Å². The van der Waals surface area contributed by atoms with Crippen LogP contribution >= 0.6 is 0 Å². The first-order valence-corrected chi connectivity index (χ1v) is 6.68. The van der Waals surface area contributed by atoms with Gasteiger partial charge in [-0.05, 0) is 29.8 Å². The number of anilines is 2. The molecule has 0 aliphatic carbocycles. The van der Waals surface area contributed by atoms with Gasteiger partial charge in [0.2, 0.25) is 0 Å². The number of hydrogen-bond acceptors (Lipinski definition) is 4. The molecule has 1 atom stereocenters. The Hall–Kier alpha value is -2.04. The summed E-state index contributed by atoms with van der Waals surface area (Å²) >= 11 is 0. The Morgan fingerprint density at radius 1 is 0.850 bits per heavy atom. The van der Waals surface area contributed by atoms with Gasteiger partial charge >= 0.3 is 0 Å². The highest BCUT2D eigenvalue weighted by Crippen LogP contribution is 2.14. The van der Waals surface area contributed by atoms with Crippen LogP contribution in [0.25, 0.3) is 0 Å². The van der Waals surface area contributed by atoms with Crippen molar-refractivity contribution < 1.29 is 10.2 Å². The second kappa shape index (κ2) is 7.53. The molecule has 0 fully saturated rings. The average molecular weight is 272 g/mol. The highest BCUT2D eigenvalue weighted by molar-refractivity contribution is 5.53. The quantitative estimate of drug-likeness (QED) is 0.623. The maximum Gasteiger partial charge on any atom is 0.0942 e. The number of aliphatic hydroxyl groups excluding tert-OH is 2. The van der Waals surface area contributed by atoms with E-state index in [2.05, 4.69) is 22.8 Å². The van der Waals surface area contributed by atoms with E-state index < -0.39 is 6.10 Å². The number of nitrogens with one attached hydrogen (secondary N) is 2. The molecule has 0 radical (unpaired) electrons. The van der Waals surface area contributed by atoms with E-state index in [1.54, 1.807) is 0 Å². The highest BCUT2D eigenvalue weighted by Gasteiger charge is 2.01. The smallest absolute Gasteiger partial charge is 0.0942 e. The first kappa shape index (κ1) is 14.4. The molecule has 0 heterocycles. The van der Waals surface area contributed by atoms with E-state index in [1.807, 2.05) is 42.5 Å². The maximum absolute atomic E-state index is 9.26. The van der Waals surface area contributed by atoms with E-state index in [4.69, 9.17) is 5.11 Å². The maximum atomic E-state index is 9.26. The molecule has 0 amide bonds. The minimum atomic E-state index is -0.731. The second-order valence-corrected chi connectivity index (χ2v) is 4.63. The molecular weight excluding hydrogens is 252 g/mol. The van der Waals surface area contributed by atoms with Gasteiger partial charge in [-0.15, -0.1) is 0 Å². The molecule has 2 aromatic rings. The summed E-state index contributed by atoms with van der Waals surface area (Å²) in [4.78, 5) is 0. The molecule has 2 rings (SSSR count). The van der Waals surface area contributed by atoms with E-state index >= 15 is 0 Å². The van der Waals surface area contributed by atoms with Crippen LogP contribution in [0.3, 0.4) is 0 Å². The zero-order chi connectivity index (χ0) is 14.2. The summed E-state index contributed by atoms with van der Waals surface area (Å²) in [6.45, 7) is 0.897. The van der Waals surface area contributed by atoms with E-state index in [9.17, 15) is 5.11 Å². The van der Waals surface area contributed by atoms with Crippen molar-refractivity contribution in [2.75, 3.05) is 23.8 Å². The van der Waals surface area contributed by atoms with Crippen LogP contribution in [0.4, 0.5) is 11.4 Å². The number of hydrogen-bond donors (Lipinski definition) is 4. The van der Waals surface area contributed by atoms with Gasteiger partial charge in [0, 0.05) is 24.5 Å². The molecule has 20 heavy (non-hydrogen) atoms. The van der Waals surface area contributed by atoms with Crippen LogP contribution in [0.2, 0.25) is 0 Å². The molecule has 0 aliphatic rings. The minimum Gasteiger partial charge on any atom is -0.394 e. The highest BCUT2D eigenvalue weighted by atomic mass is 16.3. The lowest BCUT2D eigenvalue weighted by atomic mass is 10.2. The molecule has 106 valence electrons. The Bertz CT molecular complexity index is 500. The van der Waals surface area contributed by atoms with Gasteiger partial charge in [-0.2, -0.15) is 0 Å². The summed E-state index contributed by atoms with van der Waals surface area (Å²) < 4.78 is 0. The summed E-state index contributed by atoms with van der Waals surface area (Å²) in [7, 11) is 0. The zero-order valence-electron chi connectivity index (χ0n) is 11.3. The Morgan fingerprint density at radius 3 is 2.05 bits per heavy atom. The summed E-state index contributed by atoms with van der Waals surface area (Å²) in [6, 6.07) is 18.1. The molecule has 4 heteroatoms. The molecule has 0 saturated carbocycles. The van der Waals surface area contributed by atoms with Gasteiger partial charge < -0.3 is 20.8 Å². The standard InChI is InChI=1S/C16H20N2O2/c19-12-16(20)11-18-15-8-6-14(7-9-15)17-10-13-4-2-1-3-5-13/h1-9,16-20H,10-12H2. The van der Waals surface area contributed by atoms with E-state index in [1.165, 1.54) is 5.56 Å². The average Bonchev–Trinajstić information content (AvgIpc) is 2.52. The van der Waals surface area contributed by atoms with Crippen LogP contribution < -0.4 is 10.6 Å². The van der Waals surface area contributed by atoms with Gasteiger partial charge in [0.25, 0.3) is 0 Å². The molecule has 4 N–H and O–H groups in total. The Morgan fingerprint density at radius 2 is 1.45 bits per heavy atom. The fraction of sp³-hybridized carbons (Fsp3) is 0.250. The van der Waals surface area contributed by atoms with Gasteiger partial charge in [0.05, 0.1) is 12.7 Å². The second-order valence-electron chi connectivity index (χ2n) is 4.63. The lowest BCUT2D eigenvalue weighted by molar-refractivity contribution is 0.105. The fourth-order valence-electron chi connectivity index (χ4n) is 1.81. The third-order valence-electron chi connectivity index (χ3n) is 2.98. The van der Waals surface area contributed by atoms with Crippen LogP contribution in [0.5, 0.6) is 0 Å². The fourth-order valence-corrected chi connectivity index (χ4v) is 1.81. The van der Waals surface area contributed by atoms with Crippen molar-refractivity contribution in [3.63, 3.8) is 0 Å². The van der Waals surface area contributed by atoms with Crippen molar-refractivity contribution in [2.45, 2.75) is 12.6 Å². The predicted octanol–water partition coefficient (Wildman–Crippen LogP) is 2.06.